The van der Waals surface area contributed by atoms with Crippen molar-refractivity contribution in [3.63, 3.8) is 0 Å². The van der Waals surface area contributed by atoms with Crippen molar-refractivity contribution in [1.82, 2.24) is 15.3 Å². The number of fused-ring (bicyclic) bond motifs is 1. The number of hydrogen-bond acceptors (Lipinski definition) is 3. The number of nitrogens with zero attached hydrogens (tertiary/aromatic N) is 1. The summed E-state index contributed by atoms with van der Waals surface area (Å²) in [5.41, 5.74) is 2.35. The van der Waals surface area contributed by atoms with Crippen LogP contribution >= 0.6 is 0 Å². The minimum absolute atomic E-state index is 0.154. The van der Waals surface area contributed by atoms with Crippen molar-refractivity contribution in [2.24, 2.45) is 0 Å². The number of carboxylic acid groups (broad SMARTS) is 1. The first-order valence-corrected chi connectivity index (χ1v) is 5.48. The van der Waals surface area contributed by atoms with Gasteiger partial charge in [-0.3, -0.25) is 9.59 Å². The van der Waals surface area contributed by atoms with E-state index in [9.17, 15) is 9.59 Å². The number of carbonyl (C=O) groups excluding carboxylic acids is 1. The van der Waals surface area contributed by atoms with Gasteiger partial charge in [-0.05, 0) is 17.7 Å². The van der Waals surface area contributed by atoms with Gasteiger partial charge in [-0.2, -0.15) is 0 Å². The summed E-state index contributed by atoms with van der Waals surface area (Å²) >= 11 is 0. The third kappa shape index (κ3) is 2.65. The molecule has 94 valence electrons. The fraction of sp³-hybridized carbons (Fsp3) is 0.250. The Morgan fingerprint density at radius 2 is 2.28 bits per heavy atom. The maximum Gasteiger partial charge on any atom is 0.305 e. The topological polar surface area (TPSA) is 95.1 Å². The number of aliphatic carboxylic acids is 1. The minimum Gasteiger partial charge on any atom is -0.481 e. The number of carboxylic acids is 1. The molecule has 0 fully saturated rings. The molecule has 0 aliphatic carbocycles. The van der Waals surface area contributed by atoms with Crippen LogP contribution in [0.1, 0.15) is 24.9 Å². The molecule has 0 saturated carbocycles. The van der Waals surface area contributed by atoms with Crippen molar-refractivity contribution in [2.75, 3.05) is 0 Å². The summed E-state index contributed by atoms with van der Waals surface area (Å²) in [5.74, 6) is -1.22. The molecule has 1 amide bonds. The summed E-state index contributed by atoms with van der Waals surface area (Å²) in [6.07, 6.45) is 1.41. The number of hydrogen-bond donors (Lipinski definition) is 3. The van der Waals surface area contributed by atoms with Gasteiger partial charge in [0.2, 0.25) is 5.91 Å². The van der Waals surface area contributed by atoms with Crippen molar-refractivity contribution in [3.05, 3.63) is 30.1 Å². The highest BCUT2D eigenvalue weighted by atomic mass is 16.4. The molecule has 0 saturated heterocycles. The molecule has 1 heterocycles. The van der Waals surface area contributed by atoms with Gasteiger partial charge in [0.05, 0.1) is 29.8 Å². The van der Waals surface area contributed by atoms with Gasteiger partial charge >= 0.3 is 5.97 Å². The van der Waals surface area contributed by atoms with E-state index in [1.54, 1.807) is 24.5 Å². The van der Waals surface area contributed by atoms with Gasteiger partial charge in [-0.1, -0.05) is 6.07 Å². The number of benzene rings is 1. The smallest absolute Gasteiger partial charge is 0.305 e. The van der Waals surface area contributed by atoms with Crippen LogP contribution in [0.25, 0.3) is 11.0 Å². The highest BCUT2D eigenvalue weighted by Crippen LogP contribution is 2.20. The normalized spacial score (nSPS) is 12.3. The molecular formula is C12H13N3O3. The molecule has 0 radical (unpaired) electrons. The number of amides is 1. The third-order valence-corrected chi connectivity index (χ3v) is 2.60. The Balaban J connectivity index is 2.32. The first kappa shape index (κ1) is 12.1. The molecule has 0 bridgehead atoms. The predicted molar refractivity (Wildman–Crippen MR) is 64.9 cm³/mol. The maximum absolute atomic E-state index is 11.1. The molecule has 1 aromatic heterocycles. The molecule has 18 heavy (non-hydrogen) atoms. The van der Waals surface area contributed by atoms with Gasteiger partial charge in [-0.15, -0.1) is 0 Å². The molecule has 3 N–H and O–H groups in total. The summed E-state index contributed by atoms with van der Waals surface area (Å²) < 4.78 is 0. The maximum atomic E-state index is 11.1. The summed E-state index contributed by atoms with van der Waals surface area (Å²) in [7, 11) is 0. The largest absolute Gasteiger partial charge is 0.481 e. The number of nitrogens with one attached hydrogen (secondary N) is 2. The van der Waals surface area contributed by atoms with E-state index in [1.165, 1.54) is 6.92 Å². The summed E-state index contributed by atoms with van der Waals surface area (Å²) in [5, 5.41) is 11.5. The van der Waals surface area contributed by atoms with Crippen LogP contribution < -0.4 is 5.32 Å². The number of H-pyrrole nitrogens is 1. The van der Waals surface area contributed by atoms with Gasteiger partial charge in [0, 0.05) is 6.92 Å². The zero-order valence-corrected chi connectivity index (χ0v) is 9.80. The standard InChI is InChI=1S/C12H13N3O3/c1-7(16)15-10(5-12(17)18)8-2-3-9-11(4-8)14-6-13-9/h2-4,6,10H,5H2,1H3,(H,13,14)(H,15,16)(H,17,18). The van der Waals surface area contributed by atoms with Crippen LogP contribution in [-0.4, -0.2) is 27.0 Å². The van der Waals surface area contributed by atoms with Crippen LogP contribution in [-0.2, 0) is 9.59 Å². The first-order valence-electron chi connectivity index (χ1n) is 5.48. The Bertz CT molecular complexity index is 575. The highest BCUT2D eigenvalue weighted by molar-refractivity contribution is 5.78. The van der Waals surface area contributed by atoms with E-state index in [0.29, 0.717) is 0 Å². The zero-order valence-electron chi connectivity index (χ0n) is 9.80. The second kappa shape index (κ2) is 4.87. The van der Waals surface area contributed by atoms with E-state index in [2.05, 4.69) is 15.3 Å². The van der Waals surface area contributed by atoms with Crippen LogP contribution in [0.5, 0.6) is 0 Å². The third-order valence-electron chi connectivity index (χ3n) is 2.60. The molecule has 1 unspecified atom stereocenters. The lowest BCUT2D eigenvalue weighted by Crippen LogP contribution is -2.27. The summed E-state index contributed by atoms with van der Waals surface area (Å²) in [6.45, 7) is 1.36. The Morgan fingerprint density at radius 1 is 1.50 bits per heavy atom. The van der Waals surface area contributed by atoms with Crippen molar-refractivity contribution in [1.29, 1.82) is 0 Å². The minimum atomic E-state index is -0.960. The predicted octanol–water partition coefficient (Wildman–Crippen LogP) is 1.21. The highest BCUT2D eigenvalue weighted by Gasteiger charge is 2.17. The van der Waals surface area contributed by atoms with E-state index in [4.69, 9.17) is 5.11 Å². The molecule has 6 heteroatoms. The van der Waals surface area contributed by atoms with Crippen LogP contribution in [0.2, 0.25) is 0 Å². The molecule has 1 atom stereocenters. The van der Waals surface area contributed by atoms with Gasteiger partial charge in [0.15, 0.2) is 0 Å². The molecule has 2 aromatic rings. The van der Waals surface area contributed by atoms with E-state index in [-0.39, 0.29) is 12.3 Å². The van der Waals surface area contributed by atoms with Gasteiger partial charge < -0.3 is 15.4 Å². The van der Waals surface area contributed by atoms with Crippen molar-refractivity contribution in [2.45, 2.75) is 19.4 Å². The van der Waals surface area contributed by atoms with E-state index in [1.807, 2.05) is 0 Å². The van der Waals surface area contributed by atoms with Crippen molar-refractivity contribution < 1.29 is 14.7 Å². The first-order chi connectivity index (χ1) is 8.56. The molecule has 1 aromatic carbocycles. The van der Waals surface area contributed by atoms with E-state index >= 15 is 0 Å². The average molecular weight is 247 g/mol. The second-order valence-electron chi connectivity index (χ2n) is 4.03. The lowest BCUT2D eigenvalue weighted by Gasteiger charge is -2.16. The Morgan fingerprint density at radius 3 is 2.94 bits per heavy atom. The Hall–Kier alpha value is -2.37. The molecular weight excluding hydrogens is 234 g/mol. The monoisotopic (exact) mass is 247 g/mol. The molecule has 0 aliphatic rings. The van der Waals surface area contributed by atoms with Crippen molar-refractivity contribution >= 4 is 22.9 Å². The molecule has 6 nitrogen and oxygen atoms in total. The number of imidazole rings is 1. The van der Waals surface area contributed by atoms with Crippen molar-refractivity contribution in [3.8, 4) is 0 Å². The Labute approximate surface area is 103 Å². The zero-order chi connectivity index (χ0) is 13.1. The molecule has 0 spiro atoms. The Kier molecular flexibility index (Phi) is 3.27. The average Bonchev–Trinajstić information content (AvgIpc) is 2.73. The molecule has 0 aliphatic heterocycles. The molecule has 2 rings (SSSR count). The van der Waals surface area contributed by atoms with Crippen LogP contribution in [0.3, 0.4) is 0 Å². The number of carbonyl (C=O) groups is 2. The van der Waals surface area contributed by atoms with E-state index < -0.39 is 12.0 Å². The van der Waals surface area contributed by atoms with Crippen LogP contribution in [0.4, 0.5) is 0 Å². The SMILES string of the molecule is CC(=O)NC(CC(=O)O)c1ccc2nc[nH]c2c1. The van der Waals surface area contributed by atoms with Gasteiger partial charge in [0.25, 0.3) is 0 Å². The second-order valence-corrected chi connectivity index (χ2v) is 4.03. The number of aromatic amines is 1. The summed E-state index contributed by atoms with van der Waals surface area (Å²) in [4.78, 5) is 28.9. The number of aromatic nitrogens is 2. The quantitative estimate of drug-likeness (QED) is 0.756. The van der Waals surface area contributed by atoms with Gasteiger partial charge in [0.1, 0.15) is 0 Å². The van der Waals surface area contributed by atoms with E-state index in [0.717, 1.165) is 16.6 Å². The lowest BCUT2D eigenvalue weighted by atomic mass is 10.0. The van der Waals surface area contributed by atoms with Crippen LogP contribution in [0.15, 0.2) is 24.5 Å². The fourth-order valence-electron chi connectivity index (χ4n) is 1.84. The lowest BCUT2D eigenvalue weighted by molar-refractivity contribution is -0.137. The summed E-state index contributed by atoms with van der Waals surface area (Å²) in [6, 6.07) is 4.82. The van der Waals surface area contributed by atoms with Crippen LogP contribution in [0, 0.1) is 0 Å². The fourth-order valence-corrected chi connectivity index (χ4v) is 1.84. The number of rotatable bonds is 4. The van der Waals surface area contributed by atoms with Gasteiger partial charge in [-0.25, -0.2) is 4.98 Å².